The first kappa shape index (κ1) is 16.5. The molecule has 0 heterocycles. The van der Waals surface area contributed by atoms with E-state index in [1.165, 1.54) is 0 Å². The van der Waals surface area contributed by atoms with Crippen molar-refractivity contribution in [2.75, 3.05) is 32.8 Å². The molecule has 0 aliphatic heterocycles. The Hall–Kier alpha value is -2.56. The highest BCUT2D eigenvalue weighted by Gasteiger charge is 1.98. The Morgan fingerprint density at radius 2 is 1.24 bits per heavy atom. The molecule has 5 nitrogen and oxygen atoms in total. The van der Waals surface area contributed by atoms with Crippen molar-refractivity contribution in [1.29, 1.82) is 0 Å². The summed E-state index contributed by atoms with van der Waals surface area (Å²) in [5.74, 6) is 2.15. The minimum Gasteiger partial charge on any atom is -0.497 e. The van der Waals surface area contributed by atoms with Crippen LogP contribution >= 0.6 is 0 Å². The van der Waals surface area contributed by atoms with Gasteiger partial charge in [0.1, 0.15) is 17.2 Å². The van der Waals surface area contributed by atoms with E-state index in [9.17, 15) is 0 Å². The quantitative estimate of drug-likeness (QED) is 0.850. The third-order valence-electron chi connectivity index (χ3n) is 2.82. The summed E-state index contributed by atoms with van der Waals surface area (Å²) in [5, 5.41) is 0. The van der Waals surface area contributed by atoms with Crippen molar-refractivity contribution in [3.63, 3.8) is 0 Å². The zero-order valence-electron chi connectivity index (χ0n) is 12.8. The second-order valence-corrected chi connectivity index (χ2v) is 4.35. The second-order valence-electron chi connectivity index (χ2n) is 4.35. The van der Waals surface area contributed by atoms with E-state index in [-0.39, 0.29) is 0 Å². The standard InChI is InChI=1S/C8H11NO2.C8H11NO/c1-10-6-3-4-8(11-2)7(9)5-6;1-6-3-4-8(10-2)7(9)5-6/h3-5H,9H2,1-2H3;3-5H,9H2,1-2H3. The molecule has 2 aromatic carbocycles. The predicted octanol–water partition coefficient (Wildman–Crippen LogP) is 2.87. The van der Waals surface area contributed by atoms with E-state index in [0.29, 0.717) is 17.1 Å². The number of methoxy groups -OCH3 is 3. The molecule has 0 saturated heterocycles. The van der Waals surface area contributed by atoms with Crippen LogP contribution in [0.15, 0.2) is 36.4 Å². The van der Waals surface area contributed by atoms with E-state index in [0.717, 1.165) is 17.1 Å². The van der Waals surface area contributed by atoms with Gasteiger partial charge in [0.2, 0.25) is 0 Å². The molecule has 0 radical (unpaired) electrons. The maximum absolute atomic E-state index is 5.61. The summed E-state index contributed by atoms with van der Waals surface area (Å²) in [6.07, 6.45) is 0. The summed E-state index contributed by atoms with van der Waals surface area (Å²) < 4.78 is 14.9. The lowest BCUT2D eigenvalue weighted by molar-refractivity contribution is 0.405. The number of benzene rings is 2. The average Bonchev–Trinajstić information content (AvgIpc) is 2.48. The average molecular weight is 290 g/mol. The van der Waals surface area contributed by atoms with Gasteiger partial charge in [0.05, 0.1) is 32.7 Å². The van der Waals surface area contributed by atoms with Crippen molar-refractivity contribution >= 4 is 11.4 Å². The first-order valence-electron chi connectivity index (χ1n) is 6.39. The maximum Gasteiger partial charge on any atom is 0.142 e. The van der Waals surface area contributed by atoms with Gasteiger partial charge in [-0.05, 0) is 36.8 Å². The fraction of sp³-hybridized carbons (Fsp3) is 0.250. The molecule has 0 spiro atoms. The summed E-state index contributed by atoms with van der Waals surface area (Å²) >= 11 is 0. The molecule has 4 N–H and O–H groups in total. The molecule has 0 bridgehead atoms. The number of rotatable bonds is 3. The molecule has 2 rings (SSSR count). The van der Waals surface area contributed by atoms with E-state index in [1.807, 2.05) is 25.1 Å². The molecular formula is C16H22N2O3. The Labute approximate surface area is 125 Å². The summed E-state index contributed by atoms with van der Waals surface area (Å²) in [6.45, 7) is 2.00. The highest BCUT2D eigenvalue weighted by atomic mass is 16.5. The van der Waals surface area contributed by atoms with Crippen molar-refractivity contribution in [2.45, 2.75) is 6.92 Å². The topological polar surface area (TPSA) is 79.7 Å². The van der Waals surface area contributed by atoms with Gasteiger partial charge < -0.3 is 25.7 Å². The molecule has 0 aliphatic carbocycles. The van der Waals surface area contributed by atoms with Crippen LogP contribution in [0.25, 0.3) is 0 Å². The van der Waals surface area contributed by atoms with Gasteiger partial charge in [-0.15, -0.1) is 0 Å². The first-order valence-corrected chi connectivity index (χ1v) is 6.39. The lowest BCUT2D eigenvalue weighted by atomic mass is 10.2. The molecule has 21 heavy (non-hydrogen) atoms. The van der Waals surface area contributed by atoms with E-state index in [4.69, 9.17) is 25.7 Å². The largest absolute Gasteiger partial charge is 0.497 e. The third-order valence-corrected chi connectivity index (χ3v) is 2.82. The van der Waals surface area contributed by atoms with Gasteiger partial charge in [0, 0.05) is 6.07 Å². The van der Waals surface area contributed by atoms with Crippen LogP contribution in [0, 0.1) is 6.92 Å². The van der Waals surface area contributed by atoms with Crippen LogP contribution in [-0.2, 0) is 0 Å². The van der Waals surface area contributed by atoms with Crippen molar-refractivity contribution in [3.05, 3.63) is 42.0 Å². The number of anilines is 2. The van der Waals surface area contributed by atoms with Gasteiger partial charge in [-0.25, -0.2) is 0 Å². The Morgan fingerprint density at radius 1 is 0.714 bits per heavy atom. The van der Waals surface area contributed by atoms with Crippen molar-refractivity contribution < 1.29 is 14.2 Å². The van der Waals surface area contributed by atoms with Gasteiger partial charge in [-0.2, -0.15) is 0 Å². The predicted molar refractivity (Wildman–Crippen MR) is 86.1 cm³/mol. The SMILES string of the molecule is COc1ccc(C)cc1N.COc1ccc(OC)c(N)c1. The molecule has 0 atom stereocenters. The van der Waals surface area contributed by atoms with Crippen LogP contribution in [0.2, 0.25) is 0 Å². The van der Waals surface area contributed by atoms with Crippen molar-refractivity contribution in [3.8, 4) is 17.2 Å². The van der Waals surface area contributed by atoms with E-state index in [2.05, 4.69) is 0 Å². The van der Waals surface area contributed by atoms with E-state index >= 15 is 0 Å². The lowest BCUT2D eigenvalue weighted by Crippen LogP contribution is -1.92. The summed E-state index contributed by atoms with van der Waals surface area (Å²) in [5.41, 5.74) is 13.6. The van der Waals surface area contributed by atoms with Crippen LogP contribution in [0.3, 0.4) is 0 Å². The summed E-state index contributed by atoms with van der Waals surface area (Å²) in [4.78, 5) is 0. The molecule has 0 aliphatic rings. The first-order chi connectivity index (χ1) is 10.0. The minimum absolute atomic E-state index is 0.590. The normalized spacial score (nSPS) is 9.33. The smallest absolute Gasteiger partial charge is 0.142 e. The second kappa shape index (κ2) is 7.89. The Bertz CT molecular complexity index is 586. The number of hydrogen-bond donors (Lipinski definition) is 2. The van der Waals surface area contributed by atoms with Gasteiger partial charge >= 0.3 is 0 Å². The molecular weight excluding hydrogens is 268 g/mol. The van der Waals surface area contributed by atoms with Crippen molar-refractivity contribution in [1.82, 2.24) is 0 Å². The van der Waals surface area contributed by atoms with Crippen LogP contribution in [0.5, 0.6) is 17.2 Å². The fourth-order valence-corrected chi connectivity index (χ4v) is 1.69. The summed E-state index contributed by atoms with van der Waals surface area (Å²) in [7, 11) is 4.79. The van der Waals surface area contributed by atoms with Crippen LogP contribution < -0.4 is 25.7 Å². The molecule has 0 fully saturated rings. The Balaban J connectivity index is 0.000000211. The monoisotopic (exact) mass is 290 g/mol. The number of aryl methyl sites for hydroxylation is 1. The highest BCUT2D eigenvalue weighted by Crippen LogP contribution is 2.25. The number of ether oxygens (including phenoxy) is 3. The third kappa shape index (κ3) is 4.80. The maximum atomic E-state index is 5.61. The lowest BCUT2D eigenvalue weighted by Gasteiger charge is -2.05. The van der Waals surface area contributed by atoms with Gasteiger partial charge in [-0.1, -0.05) is 6.07 Å². The van der Waals surface area contributed by atoms with Crippen LogP contribution in [0.4, 0.5) is 11.4 Å². The summed E-state index contributed by atoms with van der Waals surface area (Å²) in [6, 6.07) is 11.0. The van der Waals surface area contributed by atoms with E-state index in [1.54, 1.807) is 39.5 Å². The molecule has 0 amide bonds. The molecule has 0 unspecified atom stereocenters. The van der Waals surface area contributed by atoms with Crippen LogP contribution in [-0.4, -0.2) is 21.3 Å². The number of nitrogen functional groups attached to an aromatic ring is 2. The molecule has 5 heteroatoms. The minimum atomic E-state index is 0.590. The fourth-order valence-electron chi connectivity index (χ4n) is 1.69. The van der Waals surface area contributed by atoms with E-state index < -0.39 is 0 Å². The molecule has 114 valence electrons. The van der Waals surface area contributed by atoms with Crippen molar-refractivity contribution in [2.24, 2.45) is 0 Å². The van der Waals surface area contributed by atoms with Crippen LogP contribution in [0.1, 0.15) is 5.56 Å². The Kier molecular flexibility index (Phi) is 6.20. The van der Waals surface area contributed by atoms with Gasteiger partial charge in [-0.3, -0.25) is 0 Å². The number of hydrogen-bond acceptors (Lipinski definition) is 5. The van der Waals surface area contributed by atoms with Gasteiger partial charge in [0.15, 0.2) is 0 Å². The molecule has 0 aromatic heterocycles. The molecule has 2 aromatic rings. The zero-order valence-corrected chi connectivity index (χ0v) is 12.8. The zero-order chi connectivity index (χ0) is 15.8. The molecule has 0 saturated carbocycles. The Morgan fingerprint density at radius 3 is 1.67 bits per heavy atom. The number of nitrogens with two attached hydrogens (primary N) is 2. The highest BCUT2D eigenvalue weighted by molar-refractivity contribution is 5.56. The van der Waals surface area contributed by atoms with Gasteiger partial charge in [0.25, 0.3) is 0 Å².